The van der Waals surface area contributed by atoms with E-state index < -0.39 is 0 Å². The van der Waals surface area contributed by atoms with E-state index in [1.807, 2.05) is 0 Å². The zero-order valence-corrected chi connectivity index (χ0v) is 10.9. The van der Waals surface area contributed by atoms with Crippen LogP contribution in [-0.4, -0.2) is 30.4 Å². The normalized spacial score (nSPS) is 23.3. The van der Waals surface area contributed by atoms with Crippen LogP contribution in [0.1, 0.15) is 30.4 Å². The Hall–Kier alpha value is -1.35. The number of carbonyl (C=O) groups excluding carboxylic acids is 1. The Labute approximate surface area is 108 Å². The molecule has 1 aromatic carbocycles. The molecule has 0 spiro atoms. The quantitative estimate of drug-likeness (QED) is 0.860. The molecule has 0 radical (unpaired) electrons. The number of hydrogen-bond acceptors (Lipinski definition) is 2. The summed E-state index contributed by atoms with van der Waals surface area (Å²) in [7, 11) is 0. The van der Waals surface area contributed by atoms with Crippen molar-refractivity contribution in [2.45, 2.75) is 31.7 Å². The number of nitrogens with one attached hydrogen (secondary N) is 1. The maximum atomic E-state index is 11.6. The second kappa shape index (κ2) is 4.39. The third-order valence-electron chi connectivity index (χ3n) is 4.41. The monoisotopic (exact) mass is 244 g/mol. The maximum absolute atomic E-state index is 11.6. The van der Waals surface area contributed by atoms with E-state index in [1.54, 1.807) is 0 Å². The lowest BCUT2D eigenvalue weighted by Crippen LogP contribution is -2.59. The average Bonchev–Trinajstić information content (AvgIpc) is 2.30. The van der Waals surface area contributed by atoms with Crippen molar-refractivity contribution >= 4 is 5.91 Å². The molecule has 0 unspecified atom stereocenters. The fourth-order valence-electron chi connectivity index (χ4n) is 3.17. The van der Waals surface area contributed by atoms with Crippen molar-refractivity contribution in [1.82, 2.24) is 10.2 Å². The van der Waals surface area contributed by atoms with Crippen LogP contribution in [-0.2, 0) is 10.3 Å². The van der Waals surface area contributed by atoms with Gasteiger partial charge in [0.2, 0.25) is 5.91 Å². The summed E-state index contributed by atoms with van der Waals surface area (Å²) in [5, 5.41) is 2.91. The van der Waals surface area contributed by atoms with E-state index in [-0.39, 0.29) is 11.4 Å². The highest BCUT2D eigenvalue weighted by Crippen LogP contribution is 2.46. The van der Waals surface area contributed by atoms with Gasteiger partial charge in [-0.25, -0.2) is 0 Å². The summed E-state index contributed by atoms with van der Waals surface area (Å²) in [6.07, 6.45) is 3.64. The number of carbonyl (C=O) groups is 1. The predicted octanol–water partition coefficient (Wildman–Crippen LogP) is 1.81. The van der Waals surface area contributed by atoms with Gasteiger partial charge in [0.25, 0.3) is 0 Å². The minimum Gasteiger partial charge on any atom is -0.354 e. The first-order chi connectivity index (χ1) is 8.71. The van der Waals surface area contributed by atoms with Gasteiger partial charge in [0.15, 0.2) is 0 Å². The van der Waals surface area contributed by atoms with Crippen LogP contribution < -0.4 is 5.32 Å². The molecule has 1 aliphatic carbocycles. The van der Waals surface area contributed by atoms with Crippen molar-refractivity contribution in [2.24, 2.45) is 0 Å². The van der Waals surface area contributed by atoms with Crippen LogP contribution in [0.3, 0.4) is 0 Å². The van der Waals surface area contributed by atoms with Gasteiger partial charge in [0.05, 0.1) is 6.54 Å². The second-order valence-corrected chi connectivity index (χ2v) is 5.52. The zero-order chi connectivity index (χ0) is 12.6. The van der Waals surface area contributed by atoms with Crippen LogP contribution in [0.15, 0.2) is 24.3 Å². The van der Waals surface area contributed by atoms with Crippen LogP contribution in [0.2, 0.25) is 0 Å². The lowest BCUT2D eigenvalue weighted by Gasteiger charge is -2.52. The first kappa shape index (κ1) is 11.7. The van der Waals surface area contributed by atoms with E-state index in [0.29, 0.717) is 6.54 Å². The molecule has 3 heteroatoms. The standard InChI is InChI=1S/C15H20N2O/c1-12-3-5-13(6-4-12)15(7-2-8-15)17-10-9-16-14(18)11-17/h3-6H,2,7-11H2,1H3,(H,16,18). The Morgan fingerprint density at radius 2 is 1.94 bits per heavy atom. The van der Waals surface area contributed by atoms with Gasteiger partial charge in [-0.05, 0) is 31.7 Å². The summed E-state index contributed by atoms with van der Waals surface area (Å²) in [4.78, 5) is 14.0. The summed E-state index contributed by atoms with van der Waals surface area (Å²) in [5.41, 5.74) is 2.81. The van der Waals surface area contributed by atoms with Crippen molar-refractivity contribution in [3.05, 3.63) is 35.4 Å². The van der Waals surface area contributed by atoms with Gasteiger partial charge in [0.1, 0.15) is 0 Å². The lowest BCUT2D eigenvalue weighted by atomic mass is 9.70. The van der Waals surface area contributed by atoms with Crippen molar-refractivity contribution in [3.63, 3.8) is 0 Å². The molecule has 2 fully saturated rings. The van der Waals surface area contributed by atoms with E-state index in [9.17, 15) is 4.79 Å². The van der Waals surface area contributed by atoms with E-state index in [1.165, 1.54) is 30.4 Å². The Bertz CT molecular complexity index is 448. The van der Waals surface area contributed by atoms with Crippen molar-refractivity contribution in [1.29, 1.82) is 0 Å². The van der Waals surface area contributed by atoms with Gasteiger partial charge in [-0.15, -0.1) is 0 Å². The number of hydrogen-bond donors (Lipinski definition) is 1. The molecule has 1 aliphatic heterocycles. The molecule has 1 saturated carbocycles. The highest BCUT2D eigenvalue weighted by atomic mass is 16.2. The van der Waals surface area contributed by atoms with E-state index in [0.717, 1.165) is 13.1 Å². The molecule has 1 amide bonds. The fourth-order valence-corrected chi connectivity index (χ4v) is 3.17. The first-order valence-electron chi connectivity index (χ1n) is 6.80. The zero-order valence-electron chi connectivity index (χ0n) is 10.9. The number of aryl methyl sites for hydroxylation is 1. The van der Waals surface area contributed by atoms with E-state index >= 15 is 0 Å². The molecular formula is C15H20N2O. The molecule has 3 rings (SSSR count). The van der Waals surface area contributed by atoms with Crippen LogP contribution >= 0.6 is 0 Å². The van der Waals surface area contributed by atoms with Crippen molar-refractivity contribution in [2.75, 3.05) is 19.6 Å². The van der Waals surface area contributed by atoms with E-state index in [4.69, 9.17) is 0 Å². The molecule has 3 nitrogen and oxygen atoms in total. The fraction of sp³-hybridized carbons (Fsp3) is 0.533. The Kier molecular flexibility index (Phi) is 2.86. The Balaban J connectivity index is 1.89. The minimum absolute atomic E-state index is 0.130. The largest absolute Gasteiger partial charge is 0.354 e. The molecule has 0 aromatic heterocycles. The van der Waals surface area contributed by atoms with Gasteiger partial charge < -0.3 is 5.32 Å². The molecule has 1 heterocycles. The Morgan fingerprint density at radius 3 is 2.50 bits per heavy atom. The van der Waals surface area contributed by atoms with Crippen LogP contribution in [0.4, 0.5) is 0 Å². The molecule has 18 heavy (non-hydrogen) atoms. The molecular weight excluding hydrogens is 224 g/mol. The number of amides is 1. The second-order valence-electron chi connectivity index (χ2n) is 5.52. The van der Waals surface area contributed by atoms with Crippen LogP contribution in [0.5, 0.6) is 0 Å². The third kappa shape index (κ3) is 1.83. The summed E-state index contributed by atoms with van der Waals surface area (Å²) >= 11 is 0. The van der Waals surface area contributed by atoms with Crippen LogP contribution in [0.25, 0.3) is 0 Å². The summed E-state index contributed by atoms with van der Waals surface area (Å²) in [6.45, 7) is 4.42. The topological polar surface area (TPSA) is 32.3 Å². The number of piperazine rings is 1. The average molecular weight is 244 g/mol. The molecule has 96 valence electrons. The van der Waals surface area contributed by atoms with Gasteiger partial charge >= 0.3 is 0 Å². The first-order valence-corrected chi connectivity index (χ1v) is 6.80. The smallest absolute Gasteiger partial charge is 0.234 e. The molecule has 1 aromatic rings. The molecule has 2 aliphatic rings. The predicted molar refractivity (Wildman–Crippen MR) is 71.3 cm³/mol. The Morgan fingerprint density at radius 1 is 1.22 bits per heavy atom. The third-order valence-corrected chi connectivity index (χ3v) is 4.41. The molecule has 1 N–H and O–H groups in total. The summed E-state index contributed by atoms with van der Waals surface area (Å²) in [6, 6.07) is 8.83. The lowest BCUT2D eigenvalue weighted by molar-refractivity contribution is -0.128. The van der Waals surface area contributed by atoms with Crippen molar-refractivity contribution < 1.29 is 4.79 Å². The number of rotatable bonds is 2. The van der Waals surface area contributed by atoms with Gasteiger partial charge in [0, 0.05) is 18.6 Å². The highest BCUT2D eigenvalue weighted by molar-refractivity contribution is 5.78. The number of nitrogens with zero attached hydrogens (tertiary/aromatic N) is 1. The minimum atomic E-state index is 0.130. The summed E-state index contributed by atoms with van der Waals surface area (Å²) in [5.74, 6) is 0.166. The van der Waals surface area contributed by atoms with Gasteiger partial charge in [-0.2, -0.15) is 0 Å². The van der Waals surface area contributed by atoms with Crippen molar-refractivity contribution in [3.8, 4) is 0 Å². The summed E-state index contributed by atoms with van der Waals surface area (Å²) < 4.78 is 0. The highest BCUT2D eigenvalue weighted by Gasteiger charge is 2.45. The molecule has 0 atom stereocenters. The van der Waals surface area contributed by atoms with Gasteiger partial charge in [-0.3, -0.25) is 9.69 Å². The number of benzene rings is 1. The molecule has 1 saturated heterocycles. The molecule has 0 bridgehead atoms. The van der Waals surface area contributed by atoms with Gasteiger partial charge in [-0.1, -0.05) is 29.8 Å². The van der Waals surface area contributed by atoms with Crippen LogP contribution in [0, 0.1) is 6.92 Å². The van der Waals surface area contributed by atoms with E-state index in [2.05, 4.69) is 41.4 Å². The SMILES string of the molecule is Cc1ccc(C2(N3CCNC(=O)C3)CCC2)cc1. The maximum Gasteiger partial charge on any atom is 0.234 e.